The van der Waals surface area contributed by atoms with E-state index in [1.807, 2.05) is 63.2 Å². The van der Waals surface area contributed by atoms with Crippen LogP contribution in [0.5, 0.6) is 23.0 Å². The topological polar surface area (TPSA) is 145 Å². The molecule has 4 aromatic carbocycles. The molecule has 0 fully saturated rings. The number of ketones is 1. The molecule has 0 aliphatic rings. The molecule has 12 heteroatoms. The number of benzene rings is 4. The van der Waals surface area contributed by atoms with Crippen LogP contribution in [0.1, 0.15) is 54.9 Å². The molecule has 0 saturated carbocycles. The fourth-order valence-electron chi connectivity index (χ4n) is 5.48. The molecule has 5 rings (SSSR count). The Labute approximate surface area is 292 Å². The average Bonchev–Trinajstić information content (AvgIpc) is 3.04. The first-order valence-corrected chi connectivity index (χ1v) is 17.6. The number of pyridine rings is 1. The lowest BCUT2D eigenvalue weighted by Crippen LogP contribution is -2.22. The first kappa shape index (κ1) is 35.7. The molecule has 0 aliphatic heterocycles. The molecule has 11 nitrogen and oxygen atoms in total. The minimum Gasteiger partial charge on any atom is -0.496 e. The van der Waals surface area contributed by atoms with Gasteiger partial charge in [-0.1, -0.05) is 51.1 Å². The van der Waals surface area contributed by atoms with Gasteiger partial charge < -0.3 is 24.8 Å². The normalized spacial score (nSPS) is 11.5. The molecule has 0 radical (unpaired) electrons. The zero-order valence-electron chi connectivity index (χ0n) is 29.0. The van der Waals surface area contributed by atoms with Crippen LogP contribution in [0.3, 0.4) is 0 Å². The molecule has 0 saturated heterocycles. The van der Waals surface area contributed by atoms with Crippen molar-refractivity contribution in [3.63, 3.8) is 0 Å². The fraction of sp³-hybridized carbons (Fsp3) is 0.237. The highest BCUT2D eigenvalue weighted by Crippen LogP contribution is 2.40. The third-order valence-corrected chi connectivity index (χ3v) is 8.47. The highest BCUT2D eigenvalue weighted by atomic mass is 32.2. The van der Waals surface area contributed by atoms with E-state index >= 15 is 0 Å². The minimum absolute atomic E-state index is 0.0693. The van der Waals surface area contributed by atoms with Crippen molar-refractivity contribution in [3.05, 3.63) is 107 Å². The third-order valence-electron chi connectivity index (χ3n) is 7.88. The smallest absolute Gasteiger partial charge is 0.323 e. The van der Waals surface area contributed by atoms with Crippen LogP contribution in [0.2, 0.25) is 0 Å². The Kier molecular flexibility index (Phi) is 10.3. The lowest BCUT2D eigenvalue weighted by atomic mass is 9.86. The van der Waals surface area contributed by atoms with E-state index in [1.165, 1.54) is 21.1 Å². The van der Waals surface area contributed by atoms with E-state index in [0.29, 0.717) is 40.6 Å². The van der Waals surface area contributed by atoms with Crippen LogP contribution in [0.25, 0.3) is 10.8 Å². The van der Waals surface area contributed by atoms with Gasteiger partial charge in [0, 0.05) is 35.2 Å². The first-order chi connectivity index (χ1) is 23.6. The SMILES string of the molecule is COc1cc(Cc2cc(Oc3ccc(NC(=O)Nc4cc(C(C)(C)C)cc(NS(C)(=O)=O)c4OC)c4ccccc34)ccn2)ccc1C(C)=O. The molecule has 0 atom stereocenters. The molecule has 1 heterocycles. The predicted molar refractivity (Wildman–Crippen MR) is 197 cm³/mol. The second-order valence-electron chi connectivity index (χ2n) is 12.8. The van der Waals surface area contributed by atoms with E-state index in [9.17, 15) is 18.0 Å². The lowest BCUT2D eigenvalue weighted by molar-refractivity contribution is 0.101. The molecule has 0 unspecified atom stereocenters. The Morgan fingerprint density at radius 1 is 0.800 bits per heavy atom. The number of carbonyl (C=O) groups excluding carboxylic acids is 2. The average molecular weight is 697 g/mol. The summed E-state index contributed by atoms with van der Waals surface area (Å²) in [4.78, 5) is 29.8. The van der Waals surface area contributed by atoms with Crippen molar-refractivity contribution >= 4 is 49.7 Å². The Morgan fingerprint density at radius 2 is 1.50 bits per heavy atom. The molecule has 0 bridgehead atoms. The van der Waals surface area contributed by atoms with Crippen LogP contribution in [0.15, 0.2) is 85.1 Å². The number of methoxy groups -OCH3 is 2. The monoisotopic (exact) mass is 696 g/mol. The summed E-state index contributed by atoms with van der Waals surface area (Å²) in [6, 6.07) is 23.1. The number of aromatic nitrogens is 1. The third kappa shape index (κ3) is 8.50. The second-order valence-corrected chi connectivity index (χ2v) is 14.6. The van der Waals surface area contributed by atoms with Gasteiger partial charge in [0.05, 0.1) is 43.1 Å². The summed E-state index contributed by atoms with van der Waals surface area (Å²) < 4.78 is 44.0. The number of nitrogens with zero attached hydrogens (tertiary/aromatic N) is 1. The van der Waals surface area contributed by atoms with E-state index in [0.717, 1.165) is 33.8 Å². The maximum Gasteiger partial charge on any atom is 0.323 e. The number of hydrogen-bond acceptors (Lipinski definition) is 8. The Bertz CT molecular complexity index is 2190. The number of hydrogen-bond donors (Lipinski definition) is 3. The standard InChI is InChI=1S/C38H40N4O7S/c1-23(43)28-13-12-24(19-35(28)47-5)18-26-22-27(16-17-39-26)49-34-15-14-31(29-10-8-9-11-30(29)34)40-37(44)41-32-20-25(38(2,3)4)21-33(36(32)48-6)42-50(7,45)46/h8-17,19-22,42H,18H2,1-7H3,(H2,40,41,44). The van der Waals surface area contributed by atoms with Gasteiger partial charge in [0.2, 0.25) is 10.0 Å². The Hall–Kier alpha value is -5.62. The molecule has 0 aliphatic carbocycles. The van der Waals surface area contributed by atoms with E-state index in [4.69, 9.17) is 14.2 Å². The maximum absolute atomic E-state index is 13.4. The number of fused-ring (bicyclic) bond motifs is 1. The first-order valence-electron chi connectivity index (χ1n) is 15.8. The number of rotatable bonds is 11. The van der Waals surface area contributed by atoms with Crippen LogP contribution in [0, 0.1) is 0 Å². The second kappa shape index (κ2) is 14.5. The number of ether oxygens (including phenoxy) is 3. The number of carbonyl (C=O) groups is 2. The van der Waals surface area contributed by atoms with Crippen LogP contribution in [-0.4, -0.2) is 45.7 Å². The van der Waals surface area contributed by atoms with Gasteiger partial charge in [-0.05, 0) is 65.9 Å². The van der Waals surface area contributed by atoms with Crippen molar-refractivity contribution in [3.8, 4) is 23.0 Å². The molecule has 0 spiro atoms. The molecule has 1 aromatic heterocycles. The van der Waals surface area contributed by atoms with Gasteiger partial charge in [-0.25, -0.2) is 13.2 Å². The molecule has 50 heavy (non-hydrogen) atoms. The van der Waals surface area contributed by atoms with Gasteiger partial charge in [-0.15, -0.1) is 0 Å². The van der Waals surface area contributed by atoms with Gasteiger partial charge in [0.1, 0.15) is 17.2 Å². The number of anilines is 3. The van der Waals surface area contributed by atoms with E-state index < -0.39 is 16.1 Å². The molecule has 3 N–H and O–H groups in total. The maximum atomic E-state index is 13.4. The van der Waals surface area contributed by atoms with Crippen LogP contribution in [0.4, 0.5) is 21.9 Å². The van der Waals surface area contributed by atoms with Gasteiger partial charge >= 0.3 is 6.03 Å². The van der Waals surface area contributed by atoms with Gasteiger partial charge in [-0.3, -0.25) is 14.5 Å². The molecule has 5 aromatic rings. The number of urea groups is 1. The number of amides is 2. The Balaban J connectivity index is 1.39. The highest BCUT2D eigenvalue weighted by molar-refractivity contribution is 7.92. The van der Waals surface area contributed by atoms with E-state index in [2.05, 4.69) is 20.3 Å². The van der Waals surface area contributed by atoms with Crippen LogP contribution < -0.4 is 29.6 Å². The quantitative estimate of drug-likeness (QED) is 0.117. The fourth-order valence-corrected chi connectivity index (χ4v) is 6.04. The predicted octanol–water partition coefficient (Wildman–Crippen LogP) is 8.15. The number of nitrogens with one attached hydrogen (secondary N) is 3. The van der Waals surface area contributed by atoms with Crippen molar-refractivity contribution in [2.45, 2.75) is 39.5 Å². The van der Waals surface area contributed by atoms with Crippen molar-refractivity contribution in [2.24, 2.45) is 0 Å². The summed E-state index contributed by atoms with van der Waals surface area (Å²) in [6.07, 6.45) is 3.23. The van der Waals surface area contributed by atoms with Crippen molar-refractivity contribution in [1.29, 1.82) is 0 Å². The van der Waals surface area contributed by atoms with Gasteiger partial charge in [0.15, 0.2) is 11.5 Å². The summed E-state index contributed by atoms with van der Waals surface area (Å²) in [6.45, 7) is 7.46. The summed E-state index contributed by atoms with van der Waals surface area (Å²) in [5, 5.41) is 7.26. The van der Waals surface area contributed by atoms with E-state index in [1.54, 1.807) is 42.6 Å². The van der Waals surface area contributed by atoms with Crippen molar-refractivity contribution in [2.75, 3.05) is 35.8 Å². The van der Waals surface area contributed by atoms with Crippen molar-refractivity contribution in [1.82, 2.24) is 4.98 Å². The summed E-state index contributed by atoms with van der Waals surface area (Å²) in [5.41, 5.74) is 3.70. The summed E-state index contributed by atoms with van der Waals surface area (Å²) in [5.74, 6) is 1.78. The van der Waals surface area contributed by atoms with Gasteiger partial charge in [-0.2, -0.15) is 0 Å². The largest absolute Gasteiger partial charge is 0.496 e. The number of sulfonamides is 1. The van der Waals surface area contributed by atoms with E-state index in [-0.39, 0.29) is 22.6 Å². The molecule has 260 valence electrons. The molecular formula is C38H40N4O7S. The minimum atomic E-state index is -3.63. The zero-order chi connectivity index (χ0) is 36.2. The van der Waals surface area contributed by atoms with Gasteiger partial charge in [0.25, 0.3) is 0 Å². The molecule has 2 amide bonds. The Morgan fingerprint density at radius 3 is 2.16 bits per heavy atom. The zero-order valence-corrected chi connectivity index (χ0v) is 29.8. The lowest BCUT2D eigenvalue weighted by Gasteiger charge is -2.24. The van der Waals surface area contributed by atoms with Crippen LogP contribution in [-0.2, 0) is 21.9 Å². The number of Topliss-reactive ketones (excluding diaryl/α,β-unsaturated/α-hetero) is 1. The summed E-state index contributed by atoms with van der Waals surface area (Å²) in [7, 11) is -0.684. The highest BCUT2D eigenvalue weighted by Gasteiger charge is 2.22. The molecular weight excluding hydrogens is 657 g/mol. The summed E-state index contributed by atoms with van der Waals surface area (Å²) >= 11 is 0. The van der Waals surface area contributed by atoms with Crippen LogP contribution >= 0.6 is 0 Å². The van der Waals surface area contributed by atoms with Crippen molar-refractivity contribution < 1.29 is 32.2 Å².